The molecule has 0 atom stereocenters. The van der Waals surface area contributed by atoms with Crippen molar-refractivity contribution in [1.29, 1.82) is 0 Å². The average molecular weight is 555 g/mol. The van der Waals surface area contributed by atoms with Crippen LogP contribution in [0.2, 0.25) is 0 Å². The summed E-state index contributed by atoms with van der Waals surface area (Å²) < 4.78 is 3.64. The van der Waals surface area contributed by atoms with Gasteiger partial charge in [0.05, 0.1) is 16.7 Å². The summed E-state index contributed by atoms with van der Waals surface area (Å²) in [4.78, 5) is 5.32. The van der Waals surface area contributed by atoms with Gasteiger partial charge < -0.3 is 0 Å². The maximum atomic E-state index is 5.32. The molecule has 0 aliphatic carbocycles. The number of hydrogen-bond donors (Lipinski definition) is 0. The van der Waals surface area contributed by atoms with Crippen molar-refractivity contribution in [2.45, 2.75) is 0 Å². The van der Waals surface area contributed by atoms with Crippen molar-refractivity contribution in [1.82, 2.24) is 9.55 Å². The van der Waals surface area contributed by atoms with E-state index in [9.17, 15) is 0 Å². The lowest BCUT2D eigenvalue weighted by molar-refractivity contribution is 1.11. The first-order chi connectivity index (χ1) is 20.8. The third-order valence-electron chi connectivity index (χ3n) is 7.91. The summed E-state index contributed by atoms with van der Waals surface area (Å²) in [7, 11) is 0. The minimum atomic E-state index is 0.952. The second-order valence-corrected chi connectivity index (χ2v) is 11.3. The van der Waals surface area contributed by atoms with Crippen LogP contribution in [0.5, 0.6) is 0 Å². The number of fused-ring (bicyclic) bond motifs is 2. The van der Waals surface area contributed by atoms with E-state index < -0.39 is 0 Å². The Bertz CT molecular complexity index is 2120. The summed E-state index contributed by atoms with van der Waals surface area (Å²) >= 11 is 1.77. The van der Waals surface area contributed by atoms with E-state index in [1.54, 1.807) is 11.3 Å². The molecule has 2 nitrogen and oxygen atoms in total. The Balaban J connectivity index is 1.46. The second-order valence-electron chi connectivity index (χ2n) is 10.4. The molecule has 0 bridgehead atoms. The Morgan fingerprint density at radius 2 is 1.07 bits per heavy atom. The summed E-state index contributed by atoms with van der Waals surface area (Å²) in [5.41, 5.74) is 11.5. The van der Waals surface area contributed by atoms with Gasteiger partial charge in [-0.3, -0.25) is 4.57 Å². The highest BCUT2D eigenvalue weighted by atomic mass is 32.1. The third kappa shape index (κ3) is 4.14. The Hall–Kier alpha value is -5.25. The largest absolute Gasteiger partial charge is 0.291 e. The van der Waals surface area contributed by atoms with Crippen molar-refractivity contribution in [3.63, 3.8) is 0 Å². The molecule has 0 saturated heterocycles. The van der Waals surface area contributed by atoms with Gasteiger partial charge in [-0.15, -0.1) is 11.3 Å². The van der Waals surface area contributed by atoms with Gasteiger partial charge in [0.2, 0.25) is 0 Å². The number of imidazole rings is 1. The molecule has 42 heavy (non-hydrogen) atoms. The van der Waals surface area contributed by atoms with Crippen LogP contribution >= 0.6 is 11.3 Å². The molecule has 0 radical (unpaired) electrons. The van der Waals surface area contributed by atoms with Crippen molar-refractivity contribution in [3.05, 3.63) is 157 Å². The number of nitrogens with zero attached hydrogens (tertiary/aromatic N) is 2. The zero-order chi connectivity index (χ0) is 27.9. The first-order valence-electron chi connectivity index (χ1n) is 14.1. The maximum Gasteiger partial charge on any atom is 0.147 e. The monoisotopic (exact) mass is 554 g/mol. The van der Waals surface area contributed by atoms with Crippen LogP contribution < -0.4 is 0 Å². The summed E-state index contributed by atoms with van der Waals surface area (Å²) in [6, 6.07) is 53.9. The van der Waals surface area contributed by atoms with E-state index in [1.807, 2.05) is 0 Å². The lowest BCUT2D eigenvalue weighted by Crippen LogP contribution is -2.03. The molecular formula is C39H26N2S. The third-order valence-corrected chi connectivity index (χ3v) is 8.87. The van der Waals surface area contributed by atoms with Crippen LogP contribution in [0, 0.1) is 0 Å². The van der Waals surface area contributed by atoms with E-state index in [0.29, 0.717) is 0 Å². The molecule has 0 aliphatic heterocycles. The minimum absolute atomic E-state index is 0.952. The lowest BCUT2D eigenvalue weighted by Gasteiger charge is -2.19. The van der Waals surface area contributed by atoms with Crippen LogP contribution in [-0.4, -0.2) is 9.55 Å². The molecule has 2 heterocycles. The molecule has 2 aromatic heterocycles. The van der Waals surface area contributed by atoms with Crippen LogP contribution in [-0.2, 0) is 0 Å². The molecule has 8 aromatic rings. The minimum Gasteiger partial charge on any atom is -0.291 e. The fourth-order valence-electron chi connectivity index (χ4n) is 5.93. The number of hydrogen-bond acceptors (Lipinski definition) is 2. The predicted octanol–water partition coefficient (Wildman–Crippen LogP) is 10.9. The second kappa shape index (κ2) is 10.3. The van der Waals surface area contributed by atoms with Crippen molar-refractivity contribution in [3.8, 4) is 50.5 Å². The molecule has 0 aliphatic rings. The smallest absolute Gasteiger partial charge is 0.147 e. The highest BCUT2D eigenvalue weighted by Gasteiger charge is 2.23. The van der Waals surface area contributed by atoms with Gasteiger partial charge in [0.25, 0.3) is 0 Å². The number of benzene rings is 6. The van der Waals surface area contributed by atoms with Gasteiger partial charge in [-0.05, 0) is 46.5 Å². The van der Waals surface area contributed by atoms with E-state index in [1.165, 1.54) is 43.5 Å². The molecular weight excluding hydrogens is 529 g/mol. The normalized spacial score (nSPS) is 11.3. The van der Waals surface area contributed by atoms with Gasteiger partial charge in [0.1, 0.15) is 5.82 Å². The zero-order valence-electron chi connectivity index (χ0n) is 22.8. The Morgan fingerprint density at radius 3 is 1.74 bits per heavy atom. The molecule has 0 fully saturated rings. The molecule has 0 saturated carbocycles. The highest BCUT2D eigenvalue weighted by molar-refractivity contribution is 7.17. The standard InChI is InChI=1S/C39H26N2S/c1-4-13-27(14-5-1)30-23-24-37-33(25-30)34(26-42-37)39-40-35-21-10-11-22-36(35)41(39)38-31(28-15-6-2-7-16-28)19-12-20-32(38)29-17-8-3-9-18-29/h1-26H. The topological polar surface area (TPSA) is 17.8 Å². The number of rotatable bonds is 5. The highest BCUT2D eigenvalue weighted by Crippen LogP contribution is 2.43. The van der Waals surface area contributed by atoms with Crippen molar-refractivity contribution >= 4 is 32.5 Å². The van der Waals surface area contributed by atoms with Gasteiger partial charge >= 0.3 is 0 Å². The fraction of sp³-hybridized carbons (Fsp3) is 0. The lowest BCUT2D eigenvalue weighted by atomic mass is 9.95. The summed E-state index contributed by atoms with van der Waals surface area (Å²) in [6.45, 7) is 0. The number of aromatic nitrogens is 2. The van der Waals surface area contributed by atoms with Gasteiger partial charge in [-0.2, -0.15) is 0 Å². The molecule has 8 rings (SSSR count). The maximum absolute atomic E-state index is 5.32. The van der Waals surface area contributed by atoms with E-state index in [-0.39, 0.29) is 0 Å². The van der Waals surface area contributed by atoms with Gasteiger partial charge in [0.15, 0.2) is 0 Å². The Labute approximate surface area is 248 Å². The first kappa shape index (κ1) is 24.5. The molecule has 0 amide bonds. The Kier molecular flexibility index (Phi) is 6.02. The van der Waals surface area contributed by atoms with E-state index in [0.717, 1.165) is 28.1 Å². The molecule has 3 heteroatoms. The molecule has 0 N–H and O–H groups in total. The summed E-state index contributed by atoms with van der Waals surface area (Å²) in [6.07, 6.45) is 0. The van der Waals surface area contributed by atoms with Crippen molar-refractivity contribution in [2.75, 3.05) is 0 Å². The summed E-state index contributed by atoms with van der Waals surface area (Å²) in [5, 5.41) is 3.49. The van der Waals surface area contributed by atoms with Gasteiger partial charge in [-0.25, -0.2) is 4.98 Å². The SMILES string of the molecule is c1ccc(-c2ccc3scc(-c4nc5ccccc5n4-c4c(-c5ccccc5)cccc4-c4ccccc4)c3c2)cc1. The van der Waals surface area contributed by atoms with Crippen LogP contribution in [0.3, 0.4) is 0 Å². The van der Waals surface area contributed by atoms with Gasteiger partial charge in [0, 0.05) is 32.2 Å². The summed E-state index contributed by atoms with van der Waals surface area (Å²) in [5.74, 6) is 0.952. The quantitative estimate of drug-likeness (QED) is 0.207. The molecule has 0 unspecified atom stereocenters. The van der Waals surface area contributed by atoms with Gasteiger partial charge in [-0.1, -0.05) is 127 Å². The first-order valence-corrected chi connectivity index (χ1v) is 15.0. The number of thiophene rings is 1. The van der Waals surface area contributed by atoms with Crippen molar-refractivity contribution < 1.29 is 0 Å². The van der Waals surface area contributed by atoms with Crippen LogP contribution in [0.25, 0.3) is 71.6 Å². The van der Waals surface area contributed by atoms with Crippen molar-refractivity contribution in [2.24, 2.45) is 0 Å². The Morgan fingerprint density at radius 1 is 0.476 bits per heavy atom. The predicted molar refractivity (Wildman–Crippen MR) is 178 cm³/mol. The van der Waals surface area contributed by atoms with Crippen LogP contribution in [0.4, 0.5) is 0 Å². The van der Waals surface area contributed by atoms with Crippen LogP contribution in [0.1, 0.15) is 0 Å². The van der Waals surface area contributed by atoms with E-state index in [4.69, 9.17) is 4.98 Å². The average Bonchev–Trinajstić information content (AvgIpc) is 3.66. The molecule has 6 aromatic carbocycles. The number of para-hydroxylation sites is 3. The van der Waals surface area contributed by atoms with Crippen LogP contribution in [0.15, 0.2) is 157 Å². The molecule has 198 valence electrons. The fourth-order valence-corrected chi connectivity index (χ4v) is 6.85. The van der Waals surface area contributed by atoms with E-state index >= 15 is 0 Å². The molecule has 0 spiro atoms. The zero-order valence-corrected chi connectivity index (χ0v) is 23.6. The van der Waals surface area contributed by atoms with E-state index in [2.05, 4.69) is 162 Å².